The molecule has 1 N–H and O–H groups in total. The molecule has 2 aromatic heterocycles. The molecule has 1 atom stereocenters. The average molecular weight is 293 g/mol. The van der Waals surface area contributed by atoms with Gasteiger partial charge in [-0.25, -0.2) is 4.98 Å². The second-order valence-electron chi connectivity index (χ2n) is 4.54. The molecule has 6 heteroatoms. The van der Waals surface area contributed by atoms with Crippen LogP contribution in [0.2, 0.25) is 5.02 Å². The van der Waals surface area contributed by atoms with Crippen molar-refractivity contribution in [2.75, 3.05) is 0 Å². The number of rotatable bonds is 3. The maximum absolute atomic E-state index is 6.18. The molecule has 0 aliphatic heterocycles. The largest absolute Gasteiger partial charge is 0.335 e. The van der Waals surface area contributed by atoms with Gasteiger partial charge in [-0.05, 0) is 31.3 Å². The molecular weight excluding hydrogens is 280 g/mol. The van der Waals surface area contributed by atoms with Gasteiger partial charge in [0, 0.05) is 18.9 Å². The van der Waals surface area contributed by atoms with Crippen molar-refractivity contribution in [1.82, 2.24) is 19.1 Å². The van der Waals surface area contributed by atoms with Gasteiger partial charge in [0.2, 0.25) is 0 Å². The number of hydrogen-bond donors (Lipinski definition) is 1. The summed E-state index contributed by atoms with van der Waals surface area (Å²) in [5.41, 5.74) is 1.93. The zero-order valence-corrected chi connectivity index (χ0v) is 11.9. The van der Waals surface area contributed by atoms with E-state index in [-0.39, 0.29) is 6.04 Å². The summed E-state index contributed by atoms with van der Waals surface area (Å²) < 4.78 is 4.82. The number of imidazole rings is 2. The van der Waals surface area contributed by atoms with Crippen LogP contribution in [0.5, 0.6) is 0 Å². The van der Waals surface area contributed by atoms with Crippen LogP contribution in [0.4, 0.5) is 0 Å². The first-order valence-corrected chi connectivity index (χ1v) is 6.80. The van der Waals surface area contributed by atoms with Gasteiger partial charge in [0.1, 0.15) is 0 Å². The van der Waals surface area contributed by atoms with Crippen molar-refractivity contribution >= 4 is 34.9 Å². The van der Waals surface area contributed by atoms with Crippen LogP contribution >= 0.6 is 23.8 Å². The van der Waals surface area contributed by atoms with Crippen molar-refractivity contribution < 1.29 is 0 Å². The Morgan fingerprint density at radius 1 is 1.47 bits per heavy atom. The van der Waals surface area contributed by atoms with E-state index in [2.05, 4.69) is 21.5 Å². The van der Waals surface area contributed by atoms with Gasteiger partial charge in [-0.2, -0.15) is 0 Å². The minimum absolute atomic E-state index is 0.217. The van der Waals surface area contributed by atoms with Crippen molar-refractivity contribution in [3.05, 3.63) is 46.7 Å². The molecule has 3 aromatic rings. The lowest BCUT2D eigenvalue weighted by Gasteiger charge is -2.15. The van der Waals surface area contributed by atoms with Crippen molar-refractivity contribution in [2.45, 2.75) is 19.5 Å². The lowest BCUT2D eigenvalue weighted by Crippen LogP contribution is -2.12. The minimum Gasteiger partial charge on any atom is -0.335 e. The van der Waals surface area contributed by atoms with Gasteiger partial charge < -0.3 is 14.1 Å². The topological polar surface area (TPSA) is 38.5 Å². The van der Waals surface area contributed by atoms with Gasteiger partial charge >= 0.3 is 0 Å². The molecule has 1 unspecified atom stereocenters. The van der Waals surface area contributed by atoms with E-state index in [0.29, 0.717) is 9.79 Å². The maximum atomic E-state index is 6.18. The first kappa shape index (κ1) is 12.4. The fourth-order valence-electron chi connectivity index (χ4n) is 2.33. The number of nitrogens with zero attached hydrogens (tertiary/aromatic N) is 3. The summed E-state index contributed by atoms with van der Waals surface area (Å²) >= 11 is 11.6. The zero-order chi connectivity index (χ0) is 13.4. The molecule has 19 heavy (non-hydrogen) atoms. The summed E-state index contributed by atoms with van der Waals surface area (Å²) in [5.74, 6) is 0. The van der Waals surface area contributed by atoms with Crippen molar-refractivity contribution in [1.29, 1.82) is 0 Å². The highest BCUT2D eigenvalue weighted by molar-refractivity contribution is 7.71. The van der Waals surface area contributed by atoms with Gasteiger partial charge in [-0.15, -0.1) is 0 Å². The van der Waals surface area contributed by atoms with Crippen LogP contribution in [-0.2, 0) is 6.54 Å². The summed E-state index contributed by atoms with van der Waals surface area (Å²) in [6.45, 7) is 2.94. The second kappa shape index (κ2) is 4.83. The summed E-state index contributed by atoms with van der Waals surface area (Å²) in [4.78, 5) is 7.23. The van der Waals surface area contributed by atoms with Crippen molar-refractivity contribution in [2.24, 2.45) is 0 Å². The molecule has 0 bridgehead atoms. The maximum Gasteiger partial charge on any atom is 0.178 e. The number of aromatic nitrogens is 4. The molecule has 0 saturated heterocycles. The Morgan fingerprint density at radius 2 is 2.32 bits per heavy atom. The number of para-hydroxylation sites is 1. The summed E-state index contributed by atoms with van der Waals surface area (Å²) in [7, 11) is 0. The molecule has 0 spiro atoms. The Labute approximate surface area is 120 Å². The van der Waals surface area contributed by atoms with Crippen molar-refractivity contribution in [3.8, 4) is 0 Å². The van der Waals surface area contributed by atoms with Crippen LogP contribution in [0.15, 0.2) is 36.9 Å². The monoisotopic (exact) mass is 292 g/mol. The number of H-pyrrole nitrogens is 1. The lowest BCUT2D eigenvalue weighted by atomic mass is 10.2. The highest BCUT2D eigenvalue weighted by Crippen LogP contribution is 2.25. The molecule has 4 nitrogen and oxygen atoms in total. The summed E-state index contributed by atoms with van der Waals surface area (Å²) in [6.07, 6.45) is 5.53. The van der Waals surface area contributed by atoms with Crippen LogP contribution in [0, 0.1) is 4.77 Å². The molecule has 0 saturated carbocycles. The molecule has 0 fully saturated rings. The predicted molar refractivity (Wildman–Crippen MR) is 79.1 cm³/mol. The number of aromatic amines is 1. The number of halogens is 1. The smallest absolute Gasteiger partial charge is 0.178 e. The number of benzene rings is 1. The molecule has 0 aliphatic carbocycles. The summed E-state index contributed by atoms with van der Waals surface area (Å²) in [6, 6.07) is 6.04. The van der Waals surface area contributed by atoms with Crippen LogP contribution in [0.25, 0.3) is 11.0 Å². The third-order valence-electron chi connectivity index (χ3n) is 3.18. The highest BCUT2D eigenvalue weighted by Gasteiger charge is 2.13. The van der Waals surface area contributed by atoms with Gasteiger partial charge in [0.15, 0.2) is 4.77 Å². The average Bonchev–Trinajstić information content (AvgIpc) is 2.96. The molecule has 3 rings (SSSR count). The Hall–Kier alpha value is -1.59. The predicted octanol–water partition coefficient (Wildman–Crippen LogP) is 3.81. The quantitative estimate of drug-likeness (QED) is 0.746. The molecule has 0 aliphatic rings. The van der Waals surface area contributed by atoms with Crippen LogP contribution in [0.3, 0.4) is 0 Å². The van der Waals surface area contributed by atoms with Gasteiger partial charge in [-0.1, -0.05) is 17.7 Å². The molecule has 0 amide bonds. The van der Waals surface area contributed by atoms with Gasteiger partial charge in [0.25, 0.3) is 0 Å². The van der Waals surface area contributed by atoms with E-state index >= 15 is 0 Å². The Balaban J connectivity index is 2.07. The first-order valence-electron chi connectivity index (χ1n) is 6.01. The van der Waals surface area contributed by atoms with E-state index < -0.39 is 0 Å². The van der Waals surface area contributed by atoms with E-state index in [1.807, 2.05) is 35.3 Å². The molecule has 1 aromatic carbocycles. The molecular formula is C13H13ClN4S. The van der Waals surface area contributed by atoms with E-state index in [1.54, 1.807) is 6.20 Å². The lowest BCUT2D eigenvalue weighted by molar-refractivity contribution is 0.470. The van der Waals surface area contributed by atoms with Crippen LogP contribution < -0.4 is 0 Å². The molecule has 98 valence electrons. The minimum atomic E-state index is 0.217. The third kappa shape index (κ3) is 2.19. The van der Waals surface area contributed by atoms with Gasteiger partial charge in [-0.3, -0.25) is 0 Å². The van der Waals surface area contributed by atoms with Gasteiger partial charge in [0.05, 0.1) is 28.4 Å². The summed E-state index contributed by atoms with van der Waals surface area (Å²) in [5, 5.41) is 0.692. The number of fused-ring (bicyclic) bond motifs is 1. The van der Waals surface area contributed by atoms with Crippen LogP contribution in [-0.4, -0.2) is 19.1 Å². The van der Waals surface area contributed by atoms with Crippen LogP contribution in [0.1, 0.15) is 13.0 Å². The fraction of sp³-hybridized carbons (Fsp3) is 0.231. The van der Waals surface area contributed by atoms with E-state index in [1.165, 1.54) is 0 Å². The Kier molecular flexibility index (Phi) is 3.16. The Morgan fingerprint density at radius 3 is 3.05 bits per heavy atom. The molecule has 2 heterocycles. The Bertz CT molecular complexity index is 757. The number of hydrogen-bond acceptors (Lipinski definition) is 2. The molecule has 0 radical (unpaired) electrons. The fourth-order valence-corrected chi connectivity index (χ4v) is 2.93. The van der Waals surface area contributed by atoms with E-state index in [4.69, 9.17) is 23.8 Å². The number of nitrogens with one attached hydrogen (secondary N) is 1. The normalized spacial score (nSPS) is 12.9. The van der Waals surface area contributed by atoms with Crippen molar-refractivity contribution in [3.63, 3.8) is 0 Å². The zero-order valence-electron chi connectivity index (χ0n) is 10.4. The SMILES string of the molecule is CC(Cn1ccnc1)n1c(=S)[nH]c2c(Cl)cccc21. The first-order chi connectivity index (χ1) is 9.16. The highest BCUT2D eigenvalue weighted by atomic mass is 35.5. The van der Waals surface area contributed by atoms with E-state index in [0.717, 1.165) is 17.6 Å². The van der Waals surface area contributed by atoms with E-state index in [9.17, 15) is 0 Å². The standard InChI is InChI=1S/C13H13ClN4S/c1-9(7-17-6-5-15-8-17)18-11-4-2-3-10(14)12(11)16-13(18)19/h2-6,8-9H,7H2,1H3,(H,16,19). The third-order valence-corrected chi connectivity index (χ3v) is 3.79. The second-order valence-corrected chi connectivity index (χ2v) is 5.34.